The molecule has 0 fully saturated rings. The molecule has 1 aromatic heterocycles. The van der Waals surface area contributed by atoms with E-state index in [1.54, 1.807) is 0 Å². The molecule has 11 heavy (non-hydrogen) atoms. The molecule has 1 rings (SSSR count). The van der Waals surface area contributed by atoms with Gasteiger partial charge in [0, 0.05) is 12.7 Å². The van der Waals surface area contributed by atoms with Gasteiger partial charge >= 0.3 is 0 Å². The Labute approximate surface area is 62.8 Å². The average molecular weight is 161 g/mol. The predicted molar refractivity (Wildman–Crippen MR) is 36.2 cm³/mol. The second kappa shape index (κ2) is 3.43. The smallest absolute Gasteiger partial charge is 0.280 e. The summed E-state index contributed by atoms with van der Waals surface area (Å²) >= 11 is 0. The number of nitrogens with two attached hydrogens (primary N) is 1. The van der Waals surface area contributed by atoms with Crippen molar-refractivity contribution < 1.29 is 8.78 Å². The Bertz CT molecular complexity index is 221. The summed E-state index contributed by atoms with van der Waals surface area (Å²) in [4.78, 5) is 0. The van der Waals surface area contributed by atoms with E-state index in [2.05, 4.69) is 5.10 Å². The predicted octanol–water partition coefficient (Wildman–Crippen LogP) is 0.779. The minimum Gasteiger partial charge on any atom is -0.329 e. The number of rotatable bonds is 3. The highest BCUT2D eigenvalue weighted by Gasteiger charge is 2.11. The zero-order valence-electron chi connectivity index (χ0n) is 5.87. The Balaban J connectivity index is 2.78. The molecular weight excluding hydrogens is 152 g/mol. The second-order valence-corrected chi connectivity index (χ2v) is 2.07. The first-order valence-electron chi connectivity index (χ1n) is 3.25. The normalized spacial score (nSPS) is 10.9. The van der Waals surface area contributed by atoms with E-state index < -0.39 is 6.43 Å². The van der Waals surface area contributed by atoms with Crippen LogP contribution in [0.15, 0.2) is 12.3 Å². The summed E-state index contributed by atoms with van der Waals surface area (Å²) in [6.45, 7) is 0.661. The van der Waals surface area contributed by atoms with Crippen molar-refractivity contribution in [2.45, 2.75) is 13.0 Å². The largest absolute Gasteiger partial charge is 0.329 e. The Morgan fingerprint density at radius 3 is 2.91 bits per heavy atom. The molecule has 3 nitrogen and oxygen atoms in total. The van der Waals surface area contributed by atoms with Crippen molar-refractivity contribution in [3.05, 3.63) is 18.0 Å². The maximum atomic E-state index is 12.1. The summed E-state index contributed by atoms with van der Waals surface area (Å²) in [6, 6.07) is 1.29. The summed E-state index contributed by atoms with van der Waals surface area (Å²) < 4.78 is 25.4. The molecule has 2 N–H and O–H groups in total. The molecule has 5 heteroatoms. The van der Waals surface area contributed by atoms with E-state index in [1.165, 1.54) is 16.9 Å². The van der Waals surface area contributed by atoms with Gasteiger partial charge in [-0.3, -0.25) is 4.68 Å². The number of hydrogen-bond acceptors (Lipinski definition) is 2. The minimum absolute atomic E-state index is 0.0737. The number of alkyl halides is 2. The maximum Gasteiger partial charge on any atom is 0.280 e. The Kier molecular flexibility index (Phi) is 2.53. The third-order valence-electron chi connectivity index (χ3n) is 1.31. The molecule has 0 saturated carbocycles. The van der Waals surface area contributed by atoms with Crippen LogP contribution in [0.5, 0.6) is 0 Å². The summed E-state index contributed by atoms with van der Waals surface area (Å²) in [5, 5.41) is 3.68. The fraction of sp³-hybridized carbons (Fsp3) is 0.500. The molecule has 0 radical (unpaired) electrons. The van der Waals surface area contributed by atoms with Crippen LogP contribution in [0.3, 0.4) is 0 Å². The highest BCUT2D eigenvalue weighted by Crippen LogP contribution is 2.16. The van der Waals surface area contributed by atoms with Crippen LogP contribution in [0.1, 0.15) is 12.1 Å². The molecule has 0 saturated heterocycles. The molecule has 1 heterocycles. The molecule has 0 amide bonds. The van der Waals surface area contributed by atoms with Crippen LogP contribution < -0.4 is 5.73 Å². The van der Waals surface area contributed by atoms with Gasteiger partial charge in [-0.05, 0) is 6.07 Å². The fourth-order valence-electron chi connectivity index (χ4n) is 0.837. The van der Waals surface area contributed by atoms with Crippen LogP contribution in [0, 0.1) is 0 Å². The monoisotopic (exact) mass is 161 g/mol. The first-order chi connectivity index (χ1) is 5.25. The second-order valence-electron chi connectivity index (χ2n) is 2.07. The zero-order valence-corrected chi connectivity index (χ0v) is 5.87. The summed E-state index contributed by atoms with van der Waals surface area (Å²) in [5.41, 5.74) is 5.11. The van der Waals surface area contributed by atoms with E-state index in [4.69, 9.17) is 5.73 Å². The van der Waals surface area contributed by atoms with Crippen molar-refractivity contribution in [1.82, 2.24) is 9.78 Å². The number of halogens is 2. The van der Waals surface area contributed by atoms with Crippen LogP contribution in [-0.4, -0.2) is 16.3 Å². The van der Waals surface area contributed by atoms with Crippen molar-refractivity contribution in [1.29, 1.82) is 0 Å². The van der Waals surface area contributed by atoms with Crippen LogP contribution in [0.25, 0.3) is 0 Å². The van der Waals surface area contributed by atoms with Gasteiger partial charge in [-0.15, -0.1) is 0 Å². The van der Waals surface area contributed by atoms with Gasteiger partial charge in [0.25, 0.3) is 6.43 Å². The summed E-state index contributed by atoms with van der Waals surface area (Å²) in [5.74, 6) is 0. The minimum atomic E-state index is -2.47. The lowest BCUT2D eigenvalue weighted by atomic mass is 10.4. The first-order valence-corrected chi connectivity index (χ1v) is 3.25. The topological polar surface area (TPSA) is 43.8 Å². The standard InChI is InChI=1S/C6H9F2N3/c7-6(8)5-1-3-10-11(5)4-2-9/h1,3,6H,2,4,9H2. The number of aromatic nitrogens is 2. The van der Waals surface area contributed by atoms with Gasteiger partial charge < -0.3 is 5.73 Å². The quantitative estimate of drug-likeness (QED) is 0.711. The SMILES string of the molecule is NCCn1nccc1C(F)F. The van der Waals surface area contributed by atoms with E-state index in [0.29, 0.717) is 13.1 Å². The fourth-order valence-corrected chi connectivity index (χ4v) is 0.837. The Morgan fingerprint density at radius 2 is 2.36 bits per heavy atom. The van der Waals surface area contributed by atoms with Crippen molar-refractivity contribution in [3.63, 3.8) is 0 Å². The van der Waals surface area contributed by atoms with Crippen LogP contribution in [0.4, 0.5) is 8.78 Å². The van der Waals surface area contributed by atoms with Gasteiger partial charge in [0.05, 0.1) is 6.54 Å². The van der Waals surface area contributed by atoms with Crippen molar-refractivity contribution >= 4 is 0 Å². The third-order valence-corrected chi connectivity index (χ3v) is 1.31. The van der Waals surface area contributed by atoms with Gasteiger partial charge in [0.1, 0.15) is 5.69 Å². The molecule has 0 aromatic carbocycles. The van der Waals surface area contributed by atoms with Gasteiger partial charge in [0.15, 0.2) is 0 Å². The highest BCUT2D eigenvalue weighted by molar-refractivity contribution is 5.01. The highest BCUT2D eigenvalue weighted by atomic mass is 19.3. The molecule has 1 aromatic rings. The number of hydrogen-bond donors (Lipinski definition) is 1. The molecule has 62 valence electrons. The Morgan fingerprint density at radius 1 is 1.64 bits per heavy atom. The van der Waals surface area contributed by atoms with Gasteiger partial charge in [-0.25, -0.2) is 8.78 Å². The van der Waals surface area contributed by atoms with Crippen molar-refractivity contribution in [2.75, 3.05) is 6.54 Å². The van der Waals surface area contributed by atoms with Crippen molar-refractivity contribution in [3.8, 4) is 0 Å². The maximum absolute atomic E-state index is 12.1. The lowest BCUT2D eigenvalue weighted by molar-refractivity contribution is 0.139. The summed E-state index contributed by atoms with van der Waals surface area (Å²) in [6.07, 6.45) is -1.12. The molecule has 0 bridgehead atoms. The van der Waals surface area contributed by atoms with Gasteiger partial charge in [0.2, 0.25) is 0 Å². The van der Waals surface area contributed by atoms with E-state index in [-0.39, 0.29) is 5.69 Å². The molecule has 0 unspecified atom stereocenters. The molecule has 0 spiro atoms. The van der Waals surface area contributed by atoms with Crippen LogP contribution in [0.2, 0.25) is 0 Å². The van der Waals surface area contributed by atoms with Gasteiger partial charge in [-0.2, -0.15) is 5.10 Å². The van der Waals surface area contributed by atoms with Crippen LogP contribution >= 0.6 is 0 Å². The average Bonchev–Trinajstić information content (AvgIpc) is 2.36. The molecular formula is C6H9F2N3. The van der Waals surface area contributed by atoms with E-state index in [9.17, 15) is 8.78 Å². The molecule has 0 aliphatic carbocycles. The first kappa shape index (κ1) is 8.13. The molecule has 0 atom stereocenters. The van der Waals surface area contributed by atoms with Crippen LogP contribution in [-0.2, 0) is 6.54 Å². The molecule has 0 aliphatic rings. The molecule has 0 aliphatic heterocycles. The lowest BCUT2D eigenvalue weighted by Gasteiger charge is -2.03. The lowest BCUT2D eigenvalue weighted by Crippen LogP contribution is -2.13. The summed E-state index contributed by atoms with van der Waals surface area (Å²) in [7, 11) is 0. The van der Waals surface area contributed by atoms with Gasteiger partial charge in [-0.1, -0.05) is 0 Å². The van der Waals surface area contributed by atoms with E-state index in [1.807, 2.05) is 0 Å². The Hall–Kier alpha value is -0.970. The zero-order chi connectivity index (χ0) is 8.27. The van der Waals surface area contributed by atoms with E-state index >= 15 is 0 Å². The van der Waals surface area contributed by atoms with E-state index in [0.717, 1.165) is 0 Å². The van der Waals surface area contributed by atoms with Crippen molar-refractivity contribution in [2.24, 2.45) is 5.73 Å². The number of nitrogens with zero attached hydrogens (tertiary/aromatic N) is 2. The third kappa shape index (κ3) is 1.74.